The first-order valence-electron chi connectivity index (χ1n) is 8.01. The lowest BCUT2D eigenvalue weighted by molar-refractivity contribution is 0.0993. The first-order chi connectivity index (χ1) is 13.1. The minimum atomic E-state index is -0.569. The van der Waals surface area contributed by atoms with Gasteiger partial charge in [-0.25, -0.2) is 0 Å². The zero-order valence-electron chi connectivity index (χ0n) is 14.4. The fraction of sp³-hybridized carbons (Fsp3) is 0.100. The van der Waals surface area contributed by atoms with Crippen LogP contribution in [0.4, 0.5) is 5.69 Å². The van der Waals surface area contributed by atoms with Gasteiger partial charge in [-0.1, -0.05) is 35.9 Å². The standard InChI is InChI=1S/C20H16ClNO5/c1-25-17-5-3-2-4-15(17)22-20(24)18-10-16(23)19(12-27-18)26-11-13-6-8-14(21)9-7-13/h2-10,12H,11H2,1H3,(H,22,24). The number of ether oxygens (including phenoxy) is 2. The summed E-state index contributed by atoms with van der Waals surface area (Å²) in [5.74, 6) is -0.194. The van der Waals surface area contributed by atoms with E-state index in [9.17, 15) is 9.59 Å². The summed E-state index contributed by atoms with van der Waals surface area (Å²) in [6, 6.07) is 15.0. The van der Waals surface area contributed by atoms with Crippen molar-refractivity contribution < 1.29 is 18.7 Å². The van der Waals surface area contributed by atoms with E-state index in [1.807, 2.05) is 0 Å². The van der Waals surface area contributed by atoms with Crippen molar-refractivity contribution in [2.24, 2.45) is 0 Å². The van der Waals surface area contributed by atoms with Crippen LogP contribution in [-0.2, 0) is 6.61 Å². The molecule has 0 aliphatic heterocycles. The van der Waals surface area contributed by atoms with Gasteiger partial charge in [0.05, 0.1) is 12.8 Å². The second kappa shape index (κ2) is 8.42. The van der Waals surface area contributed by atoms with Crippen molar-refractivity contribution in [1.82, 2.24) is 0 Å². The van der Waals surface area contributed by atoms with Crippen LogP contribution in [0.2, 0.25) is 5.02 Å². The van der Waals surface area contributed by atoms with Gasteiger partial charge in [0.15, 0.2) is 5.76 Å². The van der Waals surface area contributed by atoms with Crippen molar-refractivity contribution in [3.05, 3.63) is 87.4 Å². The lowest BCUT2D eigenvalue weighted by atomic mass is 10.2. The summed E-state index contributed by atoms with van der Waals surface area (Å²) in [6.45, 7) is 0.175. The summed E-state index contributed by atoms with van der Waals surface area (Å²) >= 11 is 5.83. The Morgan fingerprint density at radius 2 is 1.85 bits per heavy atom. The molecule has 0 radical (unpaired) electrons. The van der Waals surface area contributed by atoms with E-state index in [0.717, 1.165) is 17.9 Å². The van der Waals surface area contributed by atoms with Crippen molar-refractivity contribution in [1.29, 1.82) is 0 Å². The Labute approximate surface area is 160 Å². The Hall–Kier alpha value is -3.25. The van der Waals surface area contributed by atoms with Gasteiger partial charge in [-0.3, -0.25) is 9.59 Å². The molecule has 0 spiro atoms. The first-order valence-corrected chi connectivity index (χ1v) is 8.39. The maximum atomic E-state index is 12.3. The van der Waals surface area contributed by atoms with Gasteiger partial charge in [0.1, 0.15) is 18.6 Å². The quantitative estimate of drug-likeness (QED) is 0.690. The summed E-state index contributed by atoms with van der Waals surface area (Å²) in [7, 11) is 1.50. The zero-order valence-corrected chi connectivity index (χ0v) is 15.2. The minimum Gasteiger partial charge on any atom is -0.495 e. The Morgan fingerprint density at radius 1 is 1.11 bits per heavy atom. The molecule has 0 bridgehead atoms. The second-order valence-electron chi connectivity index (χ2n) is 5.54. The monoisotopic (exact) mass is 385 g/mol. The molecule has 0 unspecified atom stereocenters. The van der Waals surface area contributed by atoms with Crippen LogP contribution < -0.4 is 20.2 Å². The van der Waals surface area contributed by atoms with Gasteiger partial charge in [-0.05, 0) is 29.8 Å². The lowest BCUT2D eigenvalue weighted by Crippen LogP contribution is -2.16. The number of carbonyl (C=O) groups excluding carboxylic acids is 1. The molecule has 138 valence electrons. The molecule has 7 heteroatoms. The molecule has 6 nitrogen and oxygen atoms in total. The van der Waals surface area contributed by atoms with Crippen LogP contribution in [0.15, 0.2) is 70.1 Å². The fourth-order valence-corrected chi connectivity index (χ4v) is 2.42. The van der Waals surface area contributed by atoms with E-state index >= 15 is 0 Å². The molecule has 0 fully saturated rings. The van der Waals surface area contributed by atoms with Crippen LogP contribution in [0.5, 0.6) is 11.5 Å². The maximum Gasteiger partial charge on any atom is 0.291 e. The molecule has 2 aromatic carbocycles. The molecule has 1 amide bonds. The van der Waals surface area contributed by atoms with Crippen LogP contribution in [0.1, 0.15) is 16.1 Å². The fourth-order valence-electron chi connectivity index (χ4n) is 2.30. The predicted octanol–water partition coefficient (Wildman–Crippen LogP) is 4.13. The highest BCUT2D eigenvalue weighted by Gasteiger charge is 2.14. The van der Waals surface area contributed by atoms with Crippen LogP contribution in [0.3, 0.4) is 0 Å². The van der Waals surface area contributed by atoms with E-state index in [0.29, 0.717) is 16.5 Å². The van der Waals surface area contributed by atoms with E-state index in [2.05, 4.69) is 5.32 Å². The van der Waals surface area contributed by atoms with Crippen molar-refractivity contribution >= 4 is 23.2 Å². The minimum absolute atomic E-state index is 0.0128. The van der Waals surface area contributed by atoms with E-state index in [4.69, 9.17) is 25.5 Å². The molecule has 3 rings (SSSR count). The maximum absolute atomic E-state index is 12.3. The summed E-state index contributed by atoms with van der Waals surface area (Å²) < 4.78 is 15.9. The molecule has 0 aliphatic carbocycles. The second-order valence-corrected chi connectivity index (χ2v) is 5.98. The number of benzene rings is 2. The predicted molar refractivity (Wildman–Crippen MR) is 102 cm³/mol. The number of nitrogens with one attached hydrogen (secondary N) is 1. The number of hydrogen-bond donors (Lipinski definition) is 1. The third kappa shape index (κ3) is 4.68. The molecule has 27 heavy (non-hydrogen) atoms. The first kappa shape index (κ1) is 18.5. The van der Waals surface area contributed by atoms with Gasteiger partial charge in [0, 0.05) is 11.1 Å². The van der Waals surface area contributed by atoms with Crippen molar-refractivity contribution in [2.45, 2.75) is 6.61 Å². The third-order valence-electron chi connectivity index (χ3n) is 3.68. The third-order valence-corrected chi connectivity index (χ3v) is 3.94. The van der Waals surface area contributed by atoms with Crippen molar-refractivity contribution in [2.75, 3.05) is 12.4 Å². The summed E-state index contributed by atoms with van der Waals surface area (Å²) in [5, 5.41) is 3.25. The number of para-hydroxylation sites is 2. The van der Waals surface area contributed by atoms with E-state index in [-0.39, 0.29) is 18.1 Å². The summed E-state index contributed by atoms with van der Waals surface area (Å²) in [4.78, 5) is 24.5. The number of rotatable bonds is 6. The van der Waals surface area contributed by atoms with Gasteiger partial charge in [-0.2, -0.15) is 0 Å². The number of methoxy groups -OCH3 is 1. The normalized spacial score (nSPS) is 10.3. The molecule has 0 saturated carbocycles. The van der Waals surface area contributed by atoms with Crippen LogP contribution in [-0.4, -0.2) is 13.0 Å². The van der Waals surface area contributed by atoms with Crippen molar-refractivity contribution in [3.63, 3.8) is 0 Å². The van der Waals surface area contributed by atoms with Gasteiger partial charge < -0.3 is 19.2 Å². The van der Waals surface area contributed by atoms with Crippen LogP contribution in [0, 0.1) is 0 Å². The number of anilines is 1. The molecule has 3 aromatic rings. The van der Waals surface area contributed by atoms with Gasteiger partial charge in [-0.15, -0.1) is 0 Å². The highest BCUT2D eigenvalue weighted by atomic mass is 35.5. The topological polar surface area (TPSA) is 77.8 Å². The molecule has 1 N–H and O–H groups in total. The Bertz CT molecular complexity index is 998. The molecular weight excluding hydrogens is 370 g/mol. The van der Waals surface area contributed by atoms with Gasteiger partial charge in [0.25, 0.3) is 5.91 Å². The van der Waals surface area contributed by atoms with Crippen LogP contribution in [0.25, 0.3) is 0 Å². The Morgan fingerprint density at radius 3 is 2.56 bits per heavy atom. The van der Waals surface area contributed by atoms with Gasteiger partial charge in [0.2, 0.25) is 11.2 Å². The average Bonchev–Trinajstić information content (AvgIpc) is 2.68. The Balaban J connectivity index is 1.69. The molecule has 1 heterocycles. The SMILES string of the molecule is COc1ccccc1NC(=O)c1cc(=O)c(OCc2ccc(Cl)cc2)co1. The highest BCUT2D eigenvalue weighted by molar-refractivity contribution is 6.30. The number of halogens is 1. The zero-order chi connectivity index (χ0) is 19.2. The smallest absolute Gasteiger partial charge is 0.291 e. The largest absolute Gasteiger partial charge is 0.495 e. The lowest BCUT2D eigenvalue weighted by Gasteiger charge is -2.09. The molecule has 0 saturated heterocycles. The van der Waals surface area contributed by atoms with E-state index in [1.165, 1.54) is 7.11 Å². The summed E-state index contributed by atoms with van der Waals surface area (Å²) in [5.41, 5.74) is 0.855. The number of carbonyl (C=O) groups is 1. The van der Waals surface area contributed by atoms with Crippen LogP contribution >= 0.6 is 11.6 Å². The highest BCUT2D eigenvalue weighted by Crippen LogP contribution is 2.23. The molecule has 0 aliphatic rings. The van der Waals surface area contributed by atoms with E-state index in [1.54, 1.807) is 48.5 Å². The molecule has 1 aromatic heterocycles. The van der Waals surface area contributed by atoms with Crippen molar-refractivity contribution in [3.8, 4) is 11.5 Å². The number of hydrogen-bond acceptors (Lipinski definition) is 5. The Kier molecular flexibility index (Phi) is 5.78. The molecule has 0 atom stereocenters. The van der Waals surface area contributed by atoms with E-state index < -0.39 is 11.3 Å². The van der Waals surface area contributed by atoms with Gasteiger partial charge >= 0.3 is 0 Å². The molecular formula is C20H16ClNO5. The number of amides is 1. The average molecular weight is 386 g/mol. The summed E-state index contributed by atoms with van der Waals surface area (Å²) in [6.07, 6.45) is 1.12.